The molecule has 0 fully saturated rings. The molecule has 0 saturated heterocycles. The normalized spacial score (nSPS) is 11.3. The first kappa shape index (κ1) is 23.0. The van der Waals surface area contributed by atoms with Gasteiger partial charge in [0.05, 0.1) is 12.5 Å². The number of aryl methyl sites for hydroxylation is 1. The van der Waals surface area contributed by atoms with Gasteiger partial charge in [0.15, 0.2) is 0 Å². The lowest BCUT2D eigenvalue weighted by Crippen LogP contribution is -2.26. The number of carbonyl (C=O) groups is 1. The van der Waals surface area contributed by atoms with Gasteiger partial charge in [-0.3, -0.25) is 10.0 Å². The molecule has 148 valence electrons. The Kier molecular flexibility index (Phi) is 11.2. The van der Waals surface area contributed by atoms with Gasteiger partial charge in [-0.1, -0.05) is 36.7 Å². The molecule has 0 spiro atoms. The van der Waals surface area contributed by atoms with Crippen LogP contribution >= 0.6 is 11.6 Å². The summed E-state index contributed by atoms with van der Waals surface area (Å²) in [6.45, 7) is 2.63. The molecule has 1 atom stereocenters. The Labute approximate surface area is 163 Å². The fourth-order valence-corrected chi connectivity index (χ4v) is 2.35. The SMILES string of the molecule is CCCOC(CCc1ccc(Cl)cc1)CC(=O)NO.Fc1cccc(F)c1. The Morgan fingerprint density at radius 2 is 1.81 bits per heavy atom. The number of carbonyl (C=O) groups excluding carboxylic acids is 1. The minimum Gasteiger partial charge on any atom is -0.378 e. The van der Waals surface area contributed by atoms with E-state index >= 15 is 0 Å². The Hall–Kier alpha value is -2.02. The van der Waals surface area contributed by atoms with Crippen molar-refractivity contribution in [1.29, 1.82) is 0 Å². The maximum absolute atomic E-state index is 11.9. The Balaban J connectivity index is 0.000000377. The van der Waals surface area contributed by atoms with Gasteiger partial charge in [0, 0.05) is 17.7 Å². The molecule has 4 nitrogen and oxygen atoms in total. The number of hydroxylamine groups is 1. The minimum atomic E-state index is -0.537. The van der Waals surface area contributed by atoms with Crippen LogP contribution in [0.4, 0.5) is 8.78 Å². The van der Waals surface area contributed by atoms with E-state index in [0.29, 0.717) is 11.6 Å². The van der Waals surface area contributed by atoms with Gasteiger partial charge >= 0.3 is 0 Å². The summed E-state index contributed by atoms with van der Waals surface area (Å²) >= 11 is 5.83. The van der Waals surface area contributed by atoms with Gasteiger partial charge in [-0.05, 0) is 49.1 Å². The summed E-state index contributed by atoms with van der Waals surface area (Å²) in [6.07, 6.45) is 2.43. The van der Waals surface area contributed by atoms with Crippen molar-refractivity contribution in [2.24, 2.45) is 0 Å². The van der Waals surface area contributed by atoms with Gasteiger partial charge in [0.2, 0.25) is 5.91 Å². The maximum Gasteiger partial charge on any atom is 0.245 e. The lowest BCUT2D eigenvalue weighted by Gasteiger charge is -2.16. The van der Waals surface area contributed by atoms with Crippen LogP contribution in [0.15, 0.2) is 48.5 Å². The van der Waals surface area contributed by atoms with E-state index in [0.717, 1.165) is 30.9 Å². The van der Waals surface area contributed by atoms with Crippen molar-refractivity contribution in [3.63, 3.8) is 0 Å². The lowest BCUT2D eigenvalue weighted by atomic mass is 10.0. The first-order valence-electron chi connectivity index (χ1n) is 8.64. The van der Waals surface area contributed by atoms with E-state index in [9.17, 15) is 13.6 Å². The monoisotopic (exact) mass is 399 g/mol. The molecule has 0 aromatic heterocycles. The van der Waals surface area contributed by atoms with Gasteiger partial charge < -0.3 is 4.74 Å². The Bertz CT molecular complexity index is 666. The van der Waals surface area contributed by atoms with Crippen molar-refractivity contribution in [3.05, 3.63) is 70.8 Å². The van der Waals surface area contributed by atoms with Gasteiger partial charge in [-0.2, -0.15) is 0 Å². The molecule has 0 aliphatic carbocycles. The summed E-state index contributed by atoms with van der Waals surface area (Å²) in [5.41, 5.74) is 2.79. The van der Waals surface area contributed by atoms with Gasteiger partial charge in [-0.25, -0.2) is 14.3 Å². The van der Waals surface area contributed by atoms with E-state index < -0.39 is 17.5 Å². The quantitative estimate of drug-likeness (QED) is 0.489. The highest BCUT2D eigenvalue weighted by Gasteiger charge is 2.14. The highest BCUT2D eigenvalue weighted by Crippen LogP contribution is 2.14. The average Bonchev–Trinajstić information content (AvgIpc) is 2.65. The molecule has 2 aromatic carbocycles. The van der Waals surface area contributed by atoms with Crippen molar-refractivity contribution >= 4 is 17.5 Å². The van der Waals surface area contributed by atoms with Crippen molar-refractivity contribution in [2.75, 3.05) is 6.61 Å². The summed E-state index contributed by atoms with van der Waals surface area (Å²) in [7, 11) is 0. The fraction of sp³-hybridized carbons (Fsp3) is 0.350. The Morgan fingerprint density at radius 1 is 1.19 bits per heavy atom. The zero-order valence-corrected chi connectivity index (χ0v) is 15.9. The molecule has 7 heteroatoms. The highest BCUT2D eigenvalue weighted by molar-refractivity contribution is 6.30. The predicted octanol–water partition coefficient (Wildman–Crippen LogP) is 4.93. The van der Waals surface area contributed by atoms with Crippen LogP contribution in [-0.2, 0) is 16.0 Å². The van der Waals surface area contributed by atoms with Gasteiger partial charge in [0.25, 0.3) is 0 Å². The number of ether oxygens (including phenoxy) is 1. The number of nitrogens with one attached hydrogen (secondary N) is 1. The van der Waals surface area contributed by atoms with Crippen molar-refractivity contribution in [2.45, 2.75) is 38.7 Å². The third-order valence-electron chi connectivity index (χ3n) is 3.55. The standard InChI is InChI=1S/C14H20ClNO3.C6H4F2/c1-2-9-19-13(10-14(17)16-18)8-5-11-3-6-12(15)7-4-11;7-5-2-1-3-6(8)4-5/h3-4,6-7,13,18H,2,5,8-10H2,1H3,(H,16,17);1-4H. The van der Waals surface area contributed by atoms with Crippen LogP contribution in [0.3, 0.4) is 0 Å². The summed E-state index contributed by atoms with van der Waals surface area (Å²) in [5, 5.41) is 9.27. The lowest BCUT2D eigenvalue weighted by molar-refractivity contribution is -0.132. The summed E-state index contributed by atoms with van der Waals surface area (Å²) < 4.78 is 29.5. The van der Waals surface area contributed by atoms with E-state index in [-0.39, 0.29) is 12.5 Å². The number of benzene rings is 2. The molecule has 1 amide bonds. The molecule has 27 heavy (non-hydrogen) atoms. The second kappa shape index (κ2) is 13.2. The highest BCUT2D eigenvalue weighted by atomic mass is 35.5. The van der Waals surface area contributed by atoms with Crippen LogP contribution in [-0.4, -0.2) is 23.8 Å². The average molecular weight is 400 g/mol. The summed E-state index contributed by atoms with van der Waals surface area (Å²) in [5.74, 6) is -1.49. The largest absolute Gasteiger partial charge is 0.378 e. The first-order valence-corrected chi connectivity index (χ1v) is 9.02. The molecule has 0 bridgehead atoms. The van der Waals surface area contributed by atoms with Crippen LogP contribution in [0.25, 0.3) is 0 Å². The molecule has 0 aliphatic heterocycles. The van der Waals surface area contributed by atoms with Crippen molar-refractivity contribution in [3.8, 4) is 0 Å². The molecule has 0 aliphatic rings. The Morgan fingerprint density at radius 3 is 2.30 bits per heavy atom. The summed E-state index contributed by atoms with van der Waals surface area (Å²) in [4.78, 5) is 11.2. The third-order valence-corrected chi connectivity index (χ3v) is 3.80. The molecular formula is C20H24ClF2NO3. The summed E-state index contributed by atoms with van der Waals surface area (Å²) in [6, 6.07) is 12.2. The molecule has 2 rings (SSSR count). The number of halogens is 3. The molecular weight excluding hydrogens is 376 g/mol. The van der Waals surface area contributed by atoms with Crippen LogP contribution in [0.2, 0.25) is 5.02 Å². The smallest absolute Gasteiger partial charge is 0.245 e. The molecule has 2 aromatic rings. The van der Waals surface area contributed by atoms with Crippen LogP contribution < -0.4 is 5.48 Å². The second-order valence-electron chi connectivity index (χ2n) is 5.84. The minimum absolute atomic E-state index is 0.171. The van der Waals surface area contributed by atoms with Crippen molar-refractivity contribution < 1.29 is 23.5 Å². The van der Waals surface area contributed by atoms with E-state index in [2.05, 4.69) is 0 Å². The van der Waals surface area contributed by atoms with Gasteiger partial charge in [0.1, 0.15) is 11.6 Å². The zero-order chi connectivity index (χ0) is 20.1. The van der Waals surface area contributed by atoms with Gasteiger partial charge in [-0.15, -0.1) is 0 Å². The maximum atomic E-state index is 11.9. The van der Waals surface area contributed by atoms with E-state index in [1.54, 1.807) is 5.48 Å². The van der Waals surface area contributed by atoms with E-state index in [1.807, 2.05) is 31.2 Å². The van der Waals surface area contributed by atoms with E-state index in [4.69, 9.17) is 21.5 Å². The molecule has 1 unspecified atom stereocenters. The first-order chi connectivity index (χ1) is 12.9. The predicted molar refractivity (Wildman–Crippen MR) is 101 cm³/mol. The van der Waals surface area contributed by atoms with Crippen LogP contribution in [0, 0.1) is 11.6 Å². The van der Waals surface area contributed by atoms with Crippen molar-refractivity contribution in [1.82, 2.24) is 5.48 Å². The van der Waals surface area contributed by atoms with Crippen LogP contribution in [0.5, 0.6) is 0 Å². The molecule has 0 heterocycles. The number of rotatable bonds is 8. The van der Waals surface area contributed by atoms with Crippen LogP contribution in [0.1, 0.15) is 31.7 Å². The molecule has 2 N–H and O–H groups in total. The molecule has 0 saturated carbocycles. The van der Waals surface area contributed by atoms with E-state index in [1.165, 1.54) is 18.2 Å². The third kappa shape index (κ3) is 10.7. The zero-order valence-electron chi connectivity index (χ0n) is 15.1. The fourth-order valence-electron chi connectivity index (χ4n) is 2.22. The molecule has 0 radical (unpaired) electrons. The topological polar surface area (TPSA) is 58.6 Å². The number of amides is 1. The number of hydrogen-bond acceptors (Lipinski definition) is 3. The number of hydrogen-bond donors (Lipinski definition) is 2. The second-order valence-corrected chi connectivity index (χ2v) is 6.27.